The average Bonchev–Trinajstić information content (AvgIpc) is 2.89. The van der Waals surface area contributed by atoms with Gasteiger partial charge in [0.1, 0.15) is 0 Å². The second kappa shape index (κ2) is 12.8. The number of hydrogen-bond acceptors (Lipinski definition) is 6. The summed E-state index contributed by atoms with van der Waals surface area (Å²) in [6.07, 6.45) is 0. The van der Waals surface area contributed by atoms with Gasteiger partial charge >= 0.3 is 0 Å². The zero-order valence-corrected chi connectivity index (χ0v) is 23.3. The highest BCUT2D eigenvalue weighted by Crippen LogP contribution is 2.23. The Morgan fingerprint density at radius 2 is 1.00 bits per heavy atom. The van der Waals surface area contributed by atoms with E-state index in [9.17, 15) is 26.4 Å². The van der Waals surface area contributed by atoms with Gasteiger partial charge in [-0.15, -0.1) is 0 Å². The first-order chi connectivity index (χ1) is 17.4. The Hall–Kier alpha value is -3.30. The lowest BCUT2D eigenvalue weighted by Crippen LogP contribution is -2.31. The Labute approximate surface area is 219 Å². The van der Waals surface area contributed by atoms with Crippen molar-refractivity contribution in [1.29, 1.82) is 0 Å². The van der Waals surface area contributed by atoms with Crippen LogP contribution in [0.4, 0.5) is 0 Å². The first-order valence-electron chi connectivity index (χ1n) is 11.9. The predicted octanol–water partition coefficient (Wildman–Crippen LogP) is 4.44. The molecule has 3 aromatic carbocycles. The van der Waals surface area contributed by atoms with Crippen LogP contribution in [0.3, 0.4) is 0 Å². The van der Waals surface area contributed by atoms with Crippen LogP contribution in [-0.2, 0) is 19.7 Å². The van der Waals surface area contributed by atoms with E-state index in [1.807, 2.05) is 27.7 Å². The fourth-order valence-electron chi connectivity index (χ4n) is 3.58. The van der Waals surface area contributed by atoms with E-state index in [0.29, 0.717) is 5.56 Å². The summed E-state index contributed by atoms with van der Waals surface area (Å²) < 4.78 is 52.6. The minimum atomic E-state index is -3.97. The summed E-state index contributed by atoms with van der Waals surface area (Å²) in [7, 11) is -6.46. The Morgan fingerprint density at radius 3 is 1.35 bits per heavy atom. The van der Waals surface area contributed by atoms with Gasteiger partial charge in [-0.2, -0.15) is 0 Å². The highest BCUT2D eigenvalue weighted by molar-refractivity contribution is 7.92. The minimum absolute atomic E-state index is 0.0172. The lowest BCUT2D eigenvalue weighted by Gasteiger charge is -2.17. The zero-order chi connectivity index (χ0) is 27.8. The number of sulfone groups is 2. The van der Waals surface area contributed by atoms with Crippen molar-refractivity contribution in [2.75, 3.05) is 18.6 Å². The maximum Gasteiger partial charge on any atom is 0.251 e. The van der Waals surface area contributed by atoms with Gasteiger partial charge in [-0.05, 0) is 50.2 Å². The van der Waals surface area contributed by atoms with Crippen LogP contribution in [0.25, 0.3) is 0 Å². The van der Waals surface area contributed by atoms with Crippen molar-refractivity contribution < 1.29 is 26.4 Å². The van der Waals surface area contributed by atoms with Crippen molar-refractivity contribution in [2.45, 2.75) is 37.5 Å². The highest BCUT2D eigenvalue weighted by Gasteiger charge is 2.32. The third kappa shape index (κ3) is 7.84. The molecule has 0 heterocycles. The van der Waals surface area contributed by atoms with E-state index in [1.54, 1.807) is 24.3 Å². The van der Waals surface area contributed by atoms with Crippen molar-refractivity contribution in [3.63, 3.8) is 0 Å². The Balaban J connectivity index is 0.00000235. The van der Waals surface area contributed by atoms with E-state index in [1.165, 1.54) is 55.6 Å². The average molecular weight is 544 g/mol. The van der Waals surface area contributed by atoms with Crippen LogP contribution in [0.1, 0.15) is 45.7 Å². The molecule has 0 aliphatic carbocycles. The van der Waals surface area contributed by atoms with Crippen LogP contribution in [-0.4, -0.2) is 47.1 Å². The van der Waals surface area contributed by atoms with Gasteiger partial charge in [0.15, 0.2) is 25.5 Å². The van der Waals surface area contributed by atoms with E-state index in [4.69, 9.17) is 0 Å². The lowest BCUT2D eigenvalue weighted by molar-refractivity contribution is 0.0937. The van der Waals surface area contributed by atoms with Crippen LogP contribution < -0.4 is 5.32 Å². The molecule has 37 heavy (non-hydrogen) atoms. The number of carbonyl (C=O) groups excluding carboxylic acids is 2. The SMILES string of the molecule is CC.CNC(=O)c1ccc(C(=O)C(CS(=O)(=O)c2ccc(C)cc2)CS(=O)(=O)c2ccc(C)cc2)cc1. The number of ketones is 1. The summed E-state index contributed by atoms with van der Waals surface area (Å²) in [6.45, 7) is 7.64. The summed E-state index contributed by atoms with van der Waals surface area (Å²) in [4.78, 5) is 25.2. The van der Waals surface area contributed by atoms with E-state index in [2.05, 4.69) is 5.32 Å². The molecule has 0 spiro atoms. The summed E-state index contributed by atoms with van der Waals surface area (Å²) in [5.74, 6) is -3.66. The van der Waals surface area contributed by atoms with Gasteiger partial charge in [-0.3, -0.25) is 9.59 Å². The van der Waals surface area contributed by atoms with Crippen LogP contribution in [0.2, 0.25) is 0 Å². The number of carbonyl (C=O) groups is 2. The number of amides is 1. The lowest BCUT2D eigenvalue weighted by atomic mass is 9.99. The second-order valence-electron chi connectivity index (χ2n) is 8.41. The quantitative estimate of drug-likeness (QED) is 0.399. The first kappa shape index (κ1) is 29.9. The van der Waals surface area contributed by atoms with Gasteiger partial charge in [0.05, 0.1) is 27.2 Å². The van der Waals surface area contributed by atoms with E-state index in [0.717, 1.165) is 11.1 Å². The summed E-state index contributed by atoms with van der Waals surface area (Å²) in [5, 5.41) is 2.48. The molecular weight excluding hydrogens is 510 g/mol. The van der Waals surface area contributed by atoms with Crippen LogP contribution in [0.5, 0.6) is 0 Å². The van der Waals surface area contributed by atoms with Gasteiger partial charge in [0.2, 0.25) is 0 Å². The standard InChI is InChI=1S/C26H27NO6S2.C2H6/c1-18-4-12-23(13-5-18)34(30,31)16-22(17-35(32,33)24-14-6-19(2)7-15-24)25(28)20-8-10-21(11-9-20)26(29)27-3;1-2/h4-15,22H,16-17H2,1-3H3,(H,27,29);1-2H3. The Morgan fingerprint density at radius 1 is 0.649 bits per heavy atom. The van der Waals surface area contributed by atoms with Gasteiger partial charge in [-0.1, -0.05) is 61.4 Å². The van der Waals surface area contributed by atoms with Crippen molar-refractivity contribution in [2.24, 2.45) is 5.92 Å². The van der Waals surface area contributed by atoms with Gasteiger partial charge in [0, 0.05) is 18.2 Å². The predicted molar refractivity (Wildman–Crippen MR) is 145 cm³/mol. The molecule has 3 aromatic rings. The van der Waals surface area contributed by atoms with Crippen molar-refractivity contribution >= 4 is 31.4 Å². The maximum atomic E-state index is 13.4. The van der Waals surface area contributed by atoms with Gasteiger partial charge in [0.25, 0.3) is 5.91 Å². The Kier molecular flexibility index (Phi) is 10.3. The fourth-order valence-corrected chi connectivity index (χ4v) is 6.81. The summed E-state index contributed by atoms with van der Waals surface area (Å²) in [5.41, 5.74) is 2.19. The minimum Gasteiger partial charge on any atom is -0.355 e. The summed E-state index contributed by atoms with van der Waals surface area (Å²) in [6, 6.07) is 18.0. The molecule has 0 aliphatic heterocycles. The third-order valence-corrected chi connectivity index (χ3v) is 9.29. The number of rotatable bonds is 9. The van der Waals surface area contributed by atoms with Gasteiger partial charge in [-0.25, -0.2) is 16.8 Å². The molecule has 0 unspecified atom stereocenters. The summed E-state index contributed by atoms with van der Waals surface area (Å²) >= 11 is 0. The molecule has 1 N–H and O–H groups in total. The van der Waals surface area contributed by atoms with Crippen LogP contribution in [0.15, 0.2) is 82.6 Å². The largest absolute Gasteiger partial charge is 0.355 e. The molecule has 0 saturated carbocycles. The molecule has 0 radical (unpaired) electrons. The first-order valence-corrected chi connectivity index (χ1v) is 15.2. The van der Waals surface area contributed by atoms with E-state index in [-0.39, 0.29) is 21.3 Å². The fraction of sp³-hybridized carbons (Fsp3) is 0.286. The smallest absolute Gasteiger partial charge is 0.251 e. The molecule has 0 bridgehead atoms. The molecule has 0 atom stereocenters. The monoisotopic (exact) mass is 543 g/mol. The number of hydrogen-bond donors (Lipinski definition) is 1. The topological polar surface area (TPSA) is 114 Å². The Bertz CT molecular complexity index is 1350. The third-order valence-electron chi connectivity index (χ3n) is 5.63. The molecular formula is C28H33NO6S2. The number of Topliss-reactive ketones (excluding diaryl/α,β-unsaturated/α-hetero) is 1. The zero-order valence-electron chi connectivity index (χ0n) is 21.7. The molecule has 198 valence electrons. The normalized spacial score (nSPS) is 11.4. The van der Waals surface area contributed by atoms with Crippen molar-refractivity contribution in [1.82, 2.24) is 5.32 Å². The maximum absolute atomic E-state index is 13.4. The molecule has 0 fully saturated rings. The van der Waals surface area contributed by atoms with Crippen molar-refractivity contribution in [3.8, 4) is 0 Å². The molecule has 0 aromatic heterocycles. The van der Waals surface area contributed by atoms with Crippen LogP contribution in [0, 0.1) is 19.8 Å². The van der Waals surface area contributed by atoms with E-state index < -0.39 is 42.9 Å². The molecule has 7 nitrogen and oxygen atoms in total. The van der Waals surface area contributed by atoms with E-state index >= 15 is 0 Å². The number of nitrogens with one attached hydrogen (secondary N) is 1. The van der Waals surface area contributed by atoms with Gasteiger partial charge < -0.3 is 5.32 Å². The number of benzene rings is 3. The molecule has 3 rings (SSSR count). The highest BCUT2D eigenvalue weighted by atomic mass is 32.2. The molecule has 9 heteroatoms. The molecule has 1 amide bonds. The molecule has 0 aliphatic rings. The van der Waals surface area contributed by atoms with Crippen LogP contribution >= 0.6 is 0 Å². The second-order valence-corrected chi connectivity index (χ2v) is 12.5. The van der Waals surface area contributed by atoms with Crippen molar-refractivity contribution in [3.05, 3.63) is 95.1 Å². The number of aryl methyl sites for hydroxylation is 2. The molecule has 0 saturated heterocycles.